The lowest BCUT2D eigenvalue weighted by Crippen LogP contribution is -2.20. The molecule has 1 atom stereocenters. The van der Waals surface area contributed by atoms with Crippen LogP contribution in [0.1, 0.15) is 34.5 Å². The van der Waals surface area contributed by atoms with Crippen molar-refractivity contribution >= 4 is 5.97 Å². The van der Waals surface area contributed by atoms with Crippen molar-refractivity contribution in [1.29, 1.82) is 0 Å². The summed E-state index contributed by atoms with van der Waals surface area (Å²) in [5.74, 6) is -0.309. The molecule has 2 rings (SSSR count). The summed E-state index contributed by atoms with van der Waals surface area (Å²) in [6.07, 6.45) is 3.59. The van der Waals surface area contributed by atoms with Gasteiger partial charge < -0.3 is 10.1 Å². The number of ether oxygens (including phenoxy) is 1. The fraction of sp³-hybridized carbons (Fsp3) is 0.250. The van der Waals surface area contributed by atoms with E-state index in [-0.39, 0.29) is 12.0 Å². The number of pyridine rings is 1. The molecule has 1 aromatic heterocycles. The second kappa shape index (κ2) is 6.82. The minimum atomic E-state index is -0.309. The fourth-order valence-corrected chi connectivity index (χ4v) is 2.00. The summed E-state index contributed by atoms with van der Waals surface area (Å²) in [6.45, 7) is 2.67. The number of nitrogens with one attached hydrogen (secondary N) is 1. The highest BCUT2D eigenvalue weighted by atomic mass is 16.5. The molecule has 2 aromatic rings. The zero-order valence-corrected chi connectivity index (χ0v) is 11.7. The van der Waals surface area contributed by atoms with Crippen LogP contribution in [0, 0.1) is 0 Å². The van der Waals surface area contributed by atoms with Crippen molar-refractivity contribution in [2.45, 2.75) is 19.5 Å². The first-order valence-corrected chi connectivity index (χ1v) is 6.52. The molecule has 0 saturated carbocycles. The zero-order valence-electron chi connectivity index (χ0n) is 11.7. The number of aromatic nitrogens is 1. The molecule has 1 unspecified atom stereocenters. The molecule has 104 valence electrons. The molecule has 4 nitrogen and oxygen atoms in total. The predicted octanol–water partition coefficient (Wildman–Crippen LogP) is 2.72. The van der Waals surface area contributed by atoms with E-state index in [1.807, 2.05) is 36.5 Å². The summed E-state index contributed by atoms with van der Waals surface area (Å²) in [5.41, 5.74) is 2.64. The molecule has 0 spiro atoms. The van der Waals surface area contributed by atoms with Crippen LogP contribution >= 0.6 is 0 Å². The number of benzene rings is 1. The first-order chi connectivity index (χ1) is 9.72. The molecule has 0 bridgehead atoms. The fourth-order valence-electron chi connectivity index (χ4n) is 2.00. The Bertz CT molecular complexity index is 570. The molecule has 0 aliphatic carbocycles. The number of methoxy groups -OCH3 is 1. The quantitative estimate of drug-likeness (QED) is 0.849. The van der Waals surface area contributed by atoms with Crippen LogP contribution in [0.25, 0.3) is 0 Å². The molecule has 1 aromatic carbocycles. The van der Waals surface area contributed by atoms with Gasteiger partial charge in [-0.05, 0) is 30.2 Å². The van der Waals surface area contributed by atoms with Gasteiger partial charge in [-0.25, -0.2) is 4.79 Å². The molecular weight excluding hydrogens is 252 g/mol. The summed E-state index contributed by atoms with van der Waals surface area (Å²) in [5, 5.41) is 3.39. The Morgan fingerprint density at radius 2 is 2.10 bits per heavy atom. The van der Waals surface area contributed by atoms with E-state index in [9.17, 15) is 4.79 Å². The molecule has 1 heterocycles. The maximum Gasteiger partial charge on any atom is 0.338 e. The minimum Gasteiger partial charge on any atom is -0.465 e. The van der Waals surface area contributed by atoms with Gasteiger partial charge in [0.25, 0.3) is 0 Å². The monoisotopic (exact) mass is 270 g/mol. The van der Waals surface area contributed by atoms with Crippen LogP contribution in [-0.4, -0.2) is 18.1 Å². The number of rotatable bonds is 5. The highest BCUT2D eigenvalue weighted by molar-refractivity contribution is 5.90. The van der Waals surface area contributed by atoms with Gasteiger partial charge in [-0.3, -0.25) is 4.98 Å². The van der Waals surface area contributed by atoms with Crippen molar-refractivity contribution in [1.82, 2.24) is 10.3 Å². The smallest absolute Gasteiger partial charge is 0.338 e. The van der Waals surface area contributed by atoms with Crippen LogP contribution < -0.4 is 5.32 Å². The normalized spacial score (nSPS) is 11.9. The van der Waals surface area contributed by atoms with Crippen molar-refractivity contribution in [2.24, 2.45) is 0 Å². The summed E-state index contributed by atoms with van der Waals surface area (Å²) in [6, 6.07) is 11.5. The second-order valence-electron chi connectivity index (χ2n) is 4.54. The Morgan fingerprint density at radius 3 is 2.80 bits per heavy atom. The lowest BCUT2D eigenvalue weighted by atomic mass is 10.1. The number of carbonyl (C=O) groups is 1. The third-order valence-corrected chi connectivity index (χ3v) is 3.21. The van der Waals surface area contributed by atoms with Crippen LogP contribution in [0.5, 0.6) is 0 Å². The van der Waals surface area contributed by atoms with Gasteiger partial charge in [-0.1, -0.05) is 24.3 Å². The van der Waals surface area contributed by atoms with Crippen LogP contribution in [-0.2, 0) is 11.3 Å². The number of carbonyl (C=O) groups excluding carboxylic acids is 1. The van der Waals surface area contributed by atoms with Crippen LogP contribution in [0.15, 0.2) is 48.8 Å². The van der Waals surface area contributed by atoms with Gasteiger partial charge in [0, 0.05) is 25.0 Å². The highest BCUT2D eigenvalue weighted by Crippen LogP contribution is 2.14. The standard InChI is InChI=1S/C16H18N2O2/c1-12(13-7-5-9-17-10-13)18-11-14-6-3-4-8-15(14)16(19)20-2/h3-10,12,18H,11H2,1-2H3. The average molecular weight is 270 g/mol. The van der Waals surface area contributed by atoms with Gasteiger partial charge in [0.2, 0.25) is 0 Å². The predicted molar refractivity (Wildman–Crippen MR) is 77.3 cm³/mol. The van der Waals surface area contributed by atoms with Crippen molar-refractivity contribution in [3.8, 4) is 0 Å². The van der Waals surface area contributed by atoms with E-state index in [4.69, 9.17) is 4.74 Å². The second-order valence-corrected chi connectivity index (χ2v) is 4.54. The molecule has 20 heavy (non-hydrogen) atoms. The Kier molecular flexibility index (Phi) is 4.85. The zero-order chi connectivity index (χ0) is 14.4. The Hall–Kier alpha value is -2.20. The largest absolute Gasteiger partial charge is 0.465 e. The third kappa shape index (κ3) is 3.42. The number of hydrogen-bond donors (Lipinski definition) is 1. The van der Waals surface area contributed by atoms with Gasteiger partial charge >= 0.3 is 5.97 Å². The van der Waals surface area contributed by atoms with Gasteiger partial charge in [0.05, 0.1) is 12.7 Å². The molecule has 0 saturated heterocycles. The maximum atomic E-state index is 11.7. The Morgan fingerprint density at radius 1 is 1.30 bits per heavy atom. The van der Waals surface area contributed by atoms with Gasteiger partial charge in [-0.2, -0.15) is 0 Å². The summed E-state index contributed by atoms with van der Waals surface area (Å²) in [4.78, 5) is 15.8. The summed E-state index contributed by atoms with van der Waals surface area (Å²) in [7, 11) is 1.39. The van der Waals surface area contributed by atoms with Crippen molar-refractivity contribution in [2.75, 3.05) is 7.11 Å². The lowest BCUT2D eigenvalue weighted by Gasteiger charge is -2.15. The van der Waals surface area contributed by atoms with E-state index in [1.54, 1.807) is 12.3 Å². The molecule has 4 heteroatoms. The van der Waals surface area contributed by atoms with Crippen molar-refractivity contribution in [3.05, 3.63) is 65.5 Å². The van der Waals surface area contributed by atoms with Crippen molar-refractivity contribution < 1.29 is 9.53 Å². The Labute approximate surface area is 118 Å². The van der Waals surface area contributed by atoms with Crippen LogP contribution in [0.3, 0.4) is 0 Å². The van der Waals surface area contributed by atoms with Gasteiger partial charge in [0.1, 0.15) is 0 Å². The average Bonchev–Trinajstić information content (AvgIpc) is 2.53. The summed E-state index contributed by atoms with van der Waals surface area (Å²) >= 11 is 0. The molecule has 0 aliphatic rings. The van der Waals surface area contributed by atoms with E-state index in [0.29, 0.717) is 12.1 Å². The molecule has 1 N–H and O–H groups in total. The molecule has 0 radical (unpaired) electrons. The first kappa shape index (κ1) is 14.2. The van der Waals surface area contributed by atoms with E-state index < -0.39 is 0 Å². The highest BCUT2D eigenvalue weighted by Gasteiger charge is 2.12. The topological polar surface area (TPSA) is 51.2 Å². The number of hydrogen-bond acceptors (Lipinski definition) is 4. The lowest BCUT2D eigenvalue weighted by molar-refractivity contribution is 0.0599. The molecule has 0 amide bonds. The summed E-state index contributed by atoms with van der Waals surface area (Å²) < 4.78 is 4.79. The van der Waals surface area contributed by atoms with E-state index in [2.05, 4.69) is 17.2 Å². The van der Waals surface area contributed by atoms with E-state index in [1.165, 1.54) is 7.11 Å². The van der Waals surface area contributed by atoms with Crippen LogP contribution in [0.2, 0.25) is 0 Å². The van der Waals surface area contributed by atoms with Gasteiger partial charge in [0.15, 0.2) is 0 Å². The third-order valence-electron chi connectivity index (χ3n) is 3.21. The minimum absolute atomic E-state index is 0.161. The van der Waals surface area contributed by atoms with Crippen molar-refractivity contribution in [3.63, 3.8) is 0 Å². The first-order valence-electron chi connectivity index (χ1n) is 6.52. The Balaban J connectivity index is 2.06. The van der Waals surface area contributed by atoms with E-state index >= 15 is 0 Å². The number of nitrogens with zero attached hydrogens (tertiary/aromatic N) is 1. The molecule has 0 fully saturated rings. The number of esters is 1. The van der Waals surface area contributed by atoms with Gasteiger partial charge in [-0.15, -0.1) is 0 Å². The maximum absolute atomic E-state index is 11.7. The van der Waals surface area contributed by atoms with E-state index in [0.717, 1.165) is 11.1 Å². The SMILES string of the molecule is COC(=O)c1ccccc1CNC(C)c1cccnc1. The van der Waals surface area contributed by atoms with Crippen LogP contribution in [0.4, 0.5) is 0 Å². The molecule has 0 aliphatic heterocycles. The molecular formula is C16H18N2O2.